The zero-order chi connectivity index (χ0) is 97.5. The van der Waals surface area contributed by atoms with E-state index in [-0.39, 0.29) is 0 Å². The molecule has 0 saturated heterocycles. The fraction of sp³-hybridized carbons (Fsp3) is 0.228. The Morgan fingerprint density at radius 2 is 0.587 bits per heavy atom. The highest BCUT2D eigenvalue weighted by molar-refractivity contribution is 6.57. The molecule has 0 saturated carbocycles. The van der Waals surface area contributed by atoms with Crippen LogP contribution >= 0.6 is 0 Å². The monoisotopic (exact) mass is 1810 g/mol. The van der Waals surface area contributed by atoms with E-state index in [4.69, 9.17) is 0 Å². The van der Waals surface area contributed by atoms with Gasteiger partial charge in [0.05, 0.1) is 56.3 Å². The first kappa shape index (κ1) is 98.6. The largest absolute Gasteiger partial charge is 0.261 e. The third-order valence-corrected chi connectivity index (χ3v) is 24.5. The van der Waals surface area contributed by atoms with E-state index in [0.29, 0.717) is 6.42 Å². The number of benzene rings is 7. The molecule has 15 nitrogen and oxygen atoms in total. The van der Waals surface area contributed by atoms with Crippen LogP contribution in [0.4, 0.5) is 0 Å². The van der Waals surface area contributed by atoms with Gasteiger partial charge in [-0.3, -0.25) is 34.9 Å². The van der Waals surface area contributed by atoms with Gasteiger partial charge in [0.2, 0.25) is 0 Å². The second kappa shape index (κ2) is 46.7. The van der Waals surface area contributed by atoms with Crippen molar-refractivity contribution in [2.24, 2.45) is 30.6 Å². The van der Waals surface area contributed by atoms with Gasteiger partial charge in [0.1, 0.15) is 5.82 Å². The summed E-state index contributed by atoms with van der Waals surface area (Å²) in [4.78, 5) is 38.6. The highest BCUT2D eigenvalue weighted by Gasteiger charge is 2.26. The van der Waals surface area contributed by atoms with Crippen molar-refractivity contribution in [3.05, 3.63) is 431 Å². The average molecular weight is 1810 g/mol. The first-order chi connectivity index (χ1) is 66.5. The molecular weight excluding hydrogens is 1690 g/mol. The fourth-order valence-electron chi connectivity index (χ4n) is 16.5. The molecule has 138 heavy (non-hydrogen) atoms. The van der Waals surface area contributed by atoms with Crippen LogP contribution in [0.25, 0.3) is 89.1 Å². The minimum absolute atomic E-state index is 0.698. The second-order valence-corrected chi connectivity index (χ2v) is 37.1. The Morgan fingerprint density at radius 1 is 0.217 bits per heavy atom. The number of hydrogen-bond acceptors (Lipinski definition) is 15. The summed E-state index contributed by atoms with van der Waals surface area (Å²) in [6.45, 7) is 41.2. The zero-order valence-electron chi connectivity index (χ0n) is 83.7. The van der Waals surface area contributed by atoms with Crippen LogP contribution in [0.3, 0.4) is 0 Å². The summed E-state index contributed by atoms with van der Waals surface area (Å²) >= 11 is 0. The smallest absolute Gasteiger partial charge is 0.125 e. The Hall–Kier alpha value is -15.4. The van der Waals surface area contributed by atoms with Crippen molar-refractivity contribution in [1.29, 1.82) is 0 Å². The molecule has 0 atom stereocenters. The molecule has 0 radical (unpaired) electrons. The Balaban J connectivity index is 0.000000124. The number of aromatic nitrogens is 9. The van der Waals surface area contributed by atoms with Crippen LogP contribution in [0.5, 0.6) is 0 Å². The number of rotatable bonds is 7. The van der Waals surface area contributed by atoms with Gasteiger partial charge in [-0.05, 0) is 343 Å². The summed E-state index contributed by atoms with van der Waals surface area (Å²) in [5, 5.41) is 34.8. The van der Waals surface area contributed by atoms with E-state index in [2.05, 4.69) is 350 Å². The van der Waals surface area contributed by atoms with Gasteiger partial charge in [-0.25, -0.2) is 9.97 Å². The maximum Gasteiger partial charge on any atom is 0.125 e. The van der Waals surface area contributed by atoms with Gasteiger partial charge >= 0.3 is 0 Å². The molecule has 23 rings (SSSR count). The molecule has 11 heterocycles. The first-order valence-corrected chi connectivity index (χ1v) is 47.5. The quantitative estimate of drug-likeness (QED) is 0.110. The van der Waals surface area contributed by atoms with Gasteiger partial charge in [0, 0.05) is 118 Å². The van der Waals surface area contributed by atoms with Crippen LogP contribution in [-0.4, -0.2) is 79.1 Å². The Labute approximate surface area is 814 Å². The normalized spacial score (nSPS) is 14.3. The van der Waals surface area contributed by atoms with Crippen molar-refractivity contribution >= 4 is 112 Å². The number of pyridine rings is 7. The minimum Gasteiger partial charge on any atom is -0.261 e. The van der Waals surface area contributed by atoms with E-state index in [1.54, 1.807) is 0 Å². The number of allylic oxidation sites excluding steroid dienone is 16. The van der Waals surface area contributed by atoms with E-state index >= 15 is 0 Å². The SMILES string of the molecule is CC1=CC=C(C2=CC=C(C3=CC=C(C)C3)C2)C1.CC1=NN=C(C2=NN=C(C3=NN=C(C)C3)C2)C1.Cc1ccc(-c2ccc(C)cn2)nc1.Cc1ccc(C)c2c1=CCC=2.Cc1ccc(C)nc1.Cc1ccc(C2=CC=C(c3ccc(C)cc3)C2)cc1.Cc1ccc2c(cnc3cc(C)ccc32)c1.Cc1ccc2cc3nc(C)ccc3cc2n1.Cc1ccc2nc(C)ccc2c1.Cc1cnc(C)nc1. The molecule has 0 spiro atoms. The molecule has 15 aromatic rings. The van der Waals surface area contributed by atoms with Gasteiger partial charge < -0.3 is 0 Å². The summed E-state index contributed by atoms with van der Waals surface area (Å²) in [5.41, 5.74) is 44.5. The predicted octanol–water partition coefficient (Wildman–Crippen LogP) is 28.7. The molecule has 0 bridgehead atoms. The van der Waals surface area contributed by atoms with Crippen molar-refractivity contribution in [3.8, 4) is 11.4 Å². The van der Waals surface area contributed by atoms with E-state index < -0.39 is 0 Å². The molecule has 7 aromatic carbocycles. The fourth-order valence-corrected chi connectivity index (χ4v) is 16.5. The molecule has 0 N–H and O–H groups in total. The maximum atomic E-state index is 4.52. The van der Waals surface area contributed by atoms with Crippen molar-refractivity contribution in [3.63, 3.8) is 0 Å². The number of hydrogen-bond donors (Lipinski definition) is 0. The molecule has 8 aliphatic rings. The van der Waals surface area contributed by atoms with Crippen LogP contribution < -0.4 is 10.4 Å². The van der Waals surface area contributed by atoms with Crippen LogP contribution in [-0.2, 0) is 0 Å². The molecule has 8 aromatic heterocycles. The Morgan fingerprint density at radius 3 is 1.01 bits per heavy atom. The third kappa shape index (κ3) is 27.7. The lowest BCUT2D eigenvalue weighted by Crippen LogP contribution is -2.26. The summed E-state index contributed by atoms with van der Waals surface area (Å²) in [7, 11) is 0. The predicted molar refractivity (Wildman–Crippen MR) is 584 cm³/mol. The van der Waals surface area contributed by atoms with E-state index in [1.807, 2.05) is 162 Å². The number of nitrogens with zero attached hydrogens (tertiary/aromatic N) is 15. The number of aryl methyl sites for hydroxylation is 16. The highest BCUT2D eigenvalue weighted by Crippen LogP contribution is 2.39. The van der Waals surface area contributed by atoms with Gasteiger partial charge in [-0.15, -0.1) is 0 Å². The third-order valence-electron chi connectivity index (χ3n) is 24.5. The molecule has 0 amide bonds. The molecule has 5 aliphatic carbocycles. The van der Waals surface area contributed by atoms with Gasteiger partial charge in [0.25, 0.3) is 0 Å². The van der Waals surface area contributed by atoms with E-state index in [1.165, 1.54) is 143 Å². The van der Waals surface area contributed by atoms with Crippen molar-refractivity contribution in [1.82, 2.24) is 44.9 Å². The zero-order valence-corrected chi connectivity index (χ0v) is 83.7. The molecule has 15 heteroatoms. The minimum atomic E-state index is 0.698. The maximum absolute atomic E-state index is 4.52. The molecule has 3 aliphatic heterocycles. The summed E-state index contributed by atoms with van der Waals surface area (Å²) in [5.74, 6) is 0.829. The van der Waals surface area contributed by atoms with E-state index in [9.17, 15) is 0 Å². The lowest BCUT2D eigenvalue weighted by Gasteiger charge is -2.08. The number of fused-ring (bicyclic) bond motifs is 7. The topological polar surface area (TPSA) is 190 Å². The molecule has 0 unspecified atom stereocenters. The summed E-state index contributed by atoms with van der Waals surface area (Å²) in [6, 6.07) is 70.0. The van der Waals surface area contributed by atoms with Crippen LogP contribution in [0.2, 0.25) is 0 Å². The first-order valence-electron chi connectivity index (χ1n) is 47.5. The second-order valence-electron chi connectivity index (χ2n) is 37.1. The lowest BCUT2D eigenvalue weighted by molar-refractivity contribution is 1.03. The molecule has 0 fully saturated rings. The summed E-state index contributed by atoms with van der Waals surface area (Å²) in [6.07, 6.45) is 41.8. The average Bonchev–Trinajstić information content (AvgIpc) is 0.996. The highest BCUT2D eigenvalue weighted by atomic mass is 15.3. The van der Waals surface area contributed by atoms with E-state index in [0.717, 1.165) is 158 Å². The molecule has 692 valence electrons. The van der Waals surface area contributed by atoms with Gasteiger partial charge in [-0.1, -0.05) is 222 Å². The van der Waals surface area contributed by atoms with Crippen molar-refractivity contribution in [2.45, 2.75) is 190 Å². The van der Waals surface area contributed by atoms with Gasteiger partial charge in [0.15, 0.2) is 0 Å². The Bertz CT molecular complexity index is 7030. The van der Waals surface area contributed by atoms with Crippen LogP contribution in [0.1, 0.15) is 180 Å². The van der Waals surface area contributed by atoms with Crippen LogP contribution in [0.15, 0.2) is 350 Å². The lowest BCUT2D eigenvalue weighted by atomic mass is 9.96. The Kier molecular flexibility index (Phi) is 33.4. The summed E-state index contributed by atoms with van der Waals surface area (Å²) < 4.78 is 0. The van der Waals surface area contributed by atoms with Crippen molar-refractivity contribution in [2.75, 3.05) is 0 Å². The van der Waals surface area contributed by atoms with Crippen molar-refractivity contribution < 1.29 is 0 Å². The standard InChI is InChI=1S/C19H18.C17H18.C15H13N.C14H12N2.C12H12N2.C11H12N6.C11H11N.C11H12.C7H9N.C6H8N2/c1-14-3-7-16(8-4-14)18-11-12-19(13-18)17-9-5-15(2)6-10-17;1-12-3-5-14(9-12)16-7-8-17(11-16)15-6-4-13(2)10-15;1-10-3-5-13-12(7-10)9-16-15-8-11(2)4-6-14(13)15;1-9-3-5-11-8-14-12(7-13(11)15-9)6-4-10(2)16-14;1-9-3-5-11(13-7-9)12-6-4-10(2)8-14-12;1-6-3-8(14-12-6)10-5-11(17-16-10)9-4-7(2)13-15-9;1-8-3-6-11-10(7-8)5-4-9(2)12-11;1-8-6-7-9(2)11-5-3-4-10(8)11;1-6-3-4-7(2)8-5-6;1-5-3-7-6(2)8-4-5/h3-12H,13H2,1-2H3;3-8H,9-11H2,1-2H3;3-9H,1-2H3;3-8H,1-2H3;3-8H,1-2H3;3-5H2,1-2H3;3-7H,1-2H3;4-7H,3H2,1-2H3;3-5H,1-2H3;3-4H,1-2H3. The molecular formula is C123H125N15. The van der Waals surface area contributed by atoms with Gasteiger partial charge in [-0.2, -0.15) is 30.6 Å². The van der Waals surface area contributed by atoms with Crippen LogP contribution in [0, 0.1) is 111 Å².